The van der Waals surface area contributed by atoms with E-state index in [4.69, 9.17) is 5.73 Å². The molecule has 4 nitrogen and oxygen atoms in total. The largest absolute Gasteiger partial charge is 0.330 e. The summed E-state index contributed by atoms with van der Waals surface area (Å²) in [6, 6.07) is 7.14. The lowest BCUT2D eigenvalue weighted by molar-refractivity contribution is 0.338. The summed E-state index contributed by atoms with van der Waals surface area (Å²) >= 11 is 0. The summed E-state index contributed by atoms with van der Waals surface area (Å²) in [5.41, 5.74) is 6.61. The molecule has 0 saturated carbocycles. The standard InChI is InChI=1S/C16H28N2O2S/c1-13(2)12-14(3)18(4)21(19,20)16-9-7-15(8-10-16)6-5-11-17/h7-10,13-14H,5-6,11-12,17H2,1-4H3. The van der Waals surface area contributed by atoms with Crippen molar-refractivity contribution in [2.75, 3.05) is 13.6 Å². The lowest BCUT2D eigenvalue weighted by Crippen LogP contribution is -2.35. The van der Waals surface area contributed by atoms with Crippen LogP contribution in [0.25, 0.3) is 0 Å². The van der Waals surface area contributed by atoms with Gasteiger partial charge in [0, 0.05) is 13.1 Å². The van der Waals surface area contributed by atoms with Crippen molar-refractivity contribution in [3.63, 3.8) is 0 Å². The number of aryl methyl sites for hydroxylation is 1. The summed E-state index contributed by atoms with van der Waals surface area (Å²) in [4.78, 5) is 0.358. The van der Waals surface area contributed by atoms with Gasteiger partial charge in [0.15, 0.2) is 0 Å². The Morgan fingerprint density at radius 3 is 2.19 bits per heavy atom. The van der Waals surface area contributed by atoms with E-state index < -0.39 is 10.0 Å². The van der Waals surface area contributed by atoms with E-state index in [9.17, 15) is 8.42 Å². The maximum atomic E-state index is 12.6. The predicted octanol–water partition coefficient (Wildman–Crippen LogP) is 2.63. The van der Waals surface area contributed by atoms with Gasteiger partial charge in [0.05, 0.1) is 4.90 Å². The molecule has 1 rings (SSSR count). The lowest BCUT2D eigenvalue weighted by atomic mass is 10.1. The lowest BCUT2D eigenvalue weighted by Gasteiger charge is -2.25. The second-order valence-corrected chi connectivity index (χ2v) is 8.03. The quantitative estimate of drug-likeness (QED) is 0.802. The highest BCUT2D eigenvalue weighted by Crippen LogP contribution is 2.20. The third-order valence-electron chi connectivity index (χ3n) is 3.70. The number of sulfonamides is 1. The maximum absolute atomic E-state index is 12.6. The van der Waals surface area contributed by atoms with Crippen LogP contribution in [0.3, 0.4) is 0 Å². The molecule has 0 aromatic heterocycles. The van der Waals surface area contributed by atoms with Crippen molar-refractivity contribution in [1.82, 2.24) is 4.31 Å². The number of hydrogen-bond acceptors (Lipinski definition) is 3. The number of benzene rings is 1. The molecule has 0 heterocycles. The molecule has 1 atom stereocenters. The minimum Gasteiger partial charge on any atom is -0.330 e. The van der Waals surface area contributed by atoms with E-state index in [1.54, 1.807) is 19.2 Å². The second kappa shape index (κ2) is 7.92. The number of nitrogens with two attached hydrogens (primary N) is 1. The van der Waals surface area contributed by atoms with Crippen LogP contribution in [0.15, 0.2) is 29.2 Å². The molecule has 120 valence electrons. The first-order chi connectivity index (χ1) is 9.78. The summed E-state index contributed by atoms with van der Waals surface area (Å²) in [7, 11) is -1.76. The molecule has 0 bridgehead atoms. The molecule has 5 heteroatoms. The first-order valence-corrected chi connectivity index (χ1v) is 9.00. The maximum Gasteiger partial charge on any atom is 0.243 e. The Bertz CT molecular complexity index is 524. The summed E-state index contributed by atoms with van der Waals surface area (Å²) in [6.45, 7) is 6.80. The molecule has 0 fully saturated rings. The van der Waals surface area contributed by atoms with Crippen molar-refractivity contribution in [2.45, 2.75) is 51.0 Å². The van der Waals surface area contributed by atoms with E-state index in [1.165, 1.54) is 4.31 Å². The van der Waals surface area contributed by atoms with Crippen molar-refractivity contribution in [3.8, 4) is 0 Å². The van der Waals surface area contributed by atoms with E-state index in [-0.39, 0.29) is 6.04 Å². The van der Waals surface area contributed by atoms with Crippen molar-refractivity contribution in [1.29, 1.82) is 0 Å². The molecule has 0 radical (unpaired) electrons. The molecule has 21 heavy (non-hydrogen) atoms. The van der Waals surface area contributed by atoms with Crippen LogP contribution >= 0.6 is 0 Å². The van der Waals surface area contributed by atoms with Crippen LogP contribution in [0.5, 0.6) is 0 Å². The van der Waals surface area contributed by atoms with Gasteiger partial charge >= 0.3 is 0 Å². The van der Waals surface area contributed by atoms with Gasteiger partial charge in [-0.25, -0.2) is 8.42 Å². The van der Waals surface area contributed by atoms with Crippen LogP contribution in [0.2, 0.25) is 0 Å². The summed E-state index contributed by atoms with van der Waals surface area (Å²) in [5.74, 6) is 0.469. The summed E-state index contributed by atoms with van der Waals surface area (Å²) < 4.78 is 26.6. The van der Waals surface area contributed by atoms with Gasteiger partial charge < -0.3 is 5.73 Å². The fourth-order valence-corrected chi connectivity index (χ4v) is 3.74. The zero-order valence-corrected chi connectivity index (χ0v) is 14.4. The number of nitrogens with zero attached hydrogens (tertiary/aromatic N) is 1. The zero-order valence-electron chi connectivity index (χ0n) is 13.5. The van der Waals surface area contributed by atoms with Gasteiger partial charge in [0.2, 0.25) is 10.0 Å². The fraction of sp³-hybridized carbons (Fsp3) is 0.625. The Hall–Kier alpha value is -0.910. The minimum absolute atomic E-state index is 0.00748. The molecule has 0 aliphatic rings. The van der Waals surface area contributed by atoms with E-state index >= 15 is 0 Å². The van der Waals surface area contributed by atoms with Crippen LogP contribution in [-0.4, -0.2) is 32.4 Å². The van der Waals surface area contributed by atoms with Crippen LogP contribution in [0.1, 0.15) is 39.2 Å². The summed E-state index contributed by atoms with van der Waals surface area (Å²) in [6.07, 6.45) is 2.65. The van der Waals surface area contributed by atoms with Crippen molar-refractivity contribution in [3.05, 3.63) is 29.8 Å². The van der Waals surface area contributed by atoms with Gasteiger partial charge in [0.25, 0.3) is 0 Å². The van der Waals surface area contributed by atoms with Crippen LogP contribution in [-0.2, 0) is 16.4 Å². The first-order valence-electron chi connectivity index (χ1n) is 7.56. The third-order valence-corrected chi connectivity index (χ3v) is 5.69. The molecule has 0 saturated heterocycles. The van der Waals surface area contributed by atoms with Crippen LogP contribution in [0.4, 0.5) is 0 Å². The molecule has 0 spiro atoms. The SMILES string of the molecule is CC(C)CC(C)N(C)S(=O)(=O)c1ccc(CCCN)cc1. The Morgan fingerprint density at radius 2 is 1.71 bits per heavy atom. The highest BCUT2D eigenvalue weighted by Gasteiger charge is 2.25. The highest BCUT2D eigenvalue weighted by molar-refractivity contribution is 7.89. The van der Waals surface area contributed by atoms with Crippen LogP contribution < -0.4 is 5.73 Å². The molecule has 0 aliphatic heterocycles. The zero-order chi connectivity index (χ0) is 16.0. The third kappa shape index (κ3) is 5.09. The fourth-order valence-electron chi connectivity index (χ4n) is 2.37. The van der Waals surface area contributed by atoms with E-state index in [1.807, 2.05) is 19.1 Å². The average molecular weight is 312 g/mol. The summed E-state index contributed by atoms with van der Waals surface area (Å²) in [5, 5.41) is 0. The van der Waals surface area contributed by atoms with Crippen molar-refractivity contribution in [2.24, 2.45) is 11.7 Å². The first kappa shape index (κ1) is 18.1. The Kier molecular flexibility index (Phi) is 6.84. The van der Waals surface area contributed by atoms with Gasteiger partial charge in [-0.2, -0.15) is 4.31 Å². The molecular weight excluding hydrogens is 284 g/mol. The monoisotopic (exact) mass is 312 g/mol. The molecule has 1 aromatic carbocycles. The molecule has 1 aromatic rings. The predicted molar refractivity (Wildman–Crippen MR) is 87.7 cm³/mol. The Morgan fingerprint density at radius 1 is 1.14 bits per heavy atom. The normalized spacial score (nSPS) is 13.9. The molecule has 0 aliphatic carbocycles. The number of rotatable bonds is 8. The highest BCUT2D eigenvalue weighted by atomic mass is 32.2. The average Bonchev–Trinajstić information content (AvgIpc) is 2.43. The van der Waals surface area contributed by atoms with Crippen molar-refractivity contribution >= 4 is 10.0 Å². The molecule has 1 unspecified atom stereocenters. The minimum atomic E-state index is -3.41. The van der Waals surface area contributed by atoms with Gasteiger partial charge in [-0.05, 0) is 56.3 Å². The molecule has 0 amide bonds. The molecular formula is C16H28N2O2S. The Labute approximate surface area is 129 Å². The smallest absolute Gasteiger partial charge is 0.243 e. The van der Waals surface area contributed by atoms with E-state index in [2.05, 4.69) is 13.8 Å². The van der Waals surface area contributed by atoms with Crippen molar-refractivity contribution < 1.29 is 8.42 Å². The van der Waals surface area contributed by atoms with Gasteiger partial charge in [-0.1, -0.05) is 26.0 Å². The van der Waals surface area contributed by atoms with E-state index in [0.717, 1.165) is 24.8 Å². The van der Waals surface area contributed by atoms with Gasteiger partial charge in [-0.15, -0.1) is 0 Å². The van der Waals surface area contributed by atoms with Crippen LogP contribution in [0, 0.1) is 5.92 Å². The number of hydrogen-bond donors (Lipinski definition) is 1. The van der Waals surface area contributed by atoms with Gasteiger partial charge in [0.1, 0.15) is 0 Å². The van der Waals surface area contributed by atoms with Gasteiger partial charge in [-0.3, -0.25) is 0 Å². The second-order valence-electron chi connectivity index (χ2n) is 6.04. The Balaban J connectivity index is 2.86. The topological polar surface area (TPSA) is 63.4 Å². The van der Waals surface area contributed by atoms with E-state index in [0.29, 0.717) is 17.4 Å². The molecule has 2 N–H and O–H groups in total.